The van der Waals surface area contributed by atoms with Crippen LogP contribution in [-0.4, -0.2) is 38.3 Å². The van der Waals surface area contributed by atoms with E-state index in [2.05, 4.69) is 10.5 Å². The van der Waals surface area contributed by atoms with E-state index in [4.69, 9.17) is 34.8 Å². The van der Waals surface area contributed by atoms with Gasteiger partial charge in [-0.15, -0.1) is 0 Å². The number of nitrogens with one attached hydrogen (secondary N) is 1. The van der Waals surface area contributed by atoms with Gasteiger partial charge >= 0.3 is 0 Å². The number of hydrazone groups is 1. The number of rotatable bonds is 7. The number of nitro benzene ring substituents is 1. The Morgan fingerprint density at radius 2 is 1.93 bits per heavy atom. The van der Waals surface area contributed by atoms with E-state index >= 15 is 0 Å². The van der Waals surface area contributed by atoms with Crippen LogP contribution in [0.3, 0.4) is 0 Å². The second-order valence-electron chi connectivity index (χ2n) is 5.60. The van der Waals surface area contributed by atoms with Crippen LogP contribution in [0.5, 0.6) is 0 Å². The zero-order valence-corrected chi connectivity index (χ0v) is 17.8. The molecular weight excluding hydrogens is 467 g/mol. The molecule has 0 fully saturated rings. The van der Waals surface area contributed by atoms with Gasteiger partial charge in [0.2, 0.25) is 10.0 Å². The van der Waals surface area contributed by atoms with E-state index in [1.54, 1.807) is 0 Å². The summed E-state index contributed by atoms with van der Waals surface area (Å²) in [4.78, 5) is 22.4. The summed E-state index contributed by atoms with van der Waals surface area (Å²) >= 11 is 17.9. The average Bonchev–Trinajstić information content (AvgIpc) is 2.63. The van der Waals surface area contributed by atoms with Crippen molar-refractivity contribution in [3.05, 3.63) is 67.1 Å². The molecule has 0 bridgehead atoms. The number of anilines is 1. The van der Waals surface area contributed by atoms with E-state index in [0.29, 0.717) is 0 Å². The molecule has 0 aromatic heterocycles. The lowest BCUT2D eigenvalue weighted by molar-refractivity contribution is -0.384. The molecule has 0 aliphatic rings. The molecule has 29 heavy (non-hydrogen) atoms. The van der Waals surface area contributed by atoms with Gasteiger partial charge < -0.3 is 0 Å². The van der Waals surface area contributed by atoms with Gasteiger partial charge in [0, 0.05) is 22.7 Å². The van der Waals surface area contributed by atoms with Gasteiger partial charge in [0.05, 0.1) is 33.1 Å². The second kappa shape index (κ2) is 9.40. The molecular formula is C16H13Cl3N4O5S. The minimum atomic E-state index is -3.87. The first kappa shape index (κ1) is 22.9. The summed E-state index contributed by atoms with van der Waals surface area (Å²) < 4.78 is 25.0. The van der Waals surface area contributed by atoms with Crippen LogP contribution in [0.25, 0.3) is 0 Å². The van der Waals surface area contributed by atoms with Gasteiger partial charge in [-0.3, -0.25) is 19.2 Å². The molecule has 0 atom stereocenters. The third-order valence-corrected chi connectivity index (χ3v) is 5.75. The van der Waals surface area contributed by atoms with E-state index in [9.17, 15) is 23.3 Å². The number of amides is 1. The Labute approximate surface area is 181 Å². The zero-order chi connectivity index (χ0) is 21.8. The molecule has 0 radical (unpaired) electrons. The highest BCUT2D eigenvalue weighted by atomic mass is 35.5. The molecule has 0 aliphatic carbocycles. The molecule has 1 amide bonds. The largest absolute Gasteiger partial charge is 0.271 e. The maximum Gasteiger partial charge on any atom is 0.270 e. The molecule has 13 heteroatoms. The minimum absolute atomic E-state index is 0.0285. The first-order chi connectivity index (χ1) is 13.5. The first-order valence-corrected chi connectivity index (χ1v) is 10.7. The van der Waals surface area contributed by atoms with Crippen molar-refractivity contribution in [2.24, 2.45) is 5.10 Å². The summed E-state index contributed by atoms with van der Waals surface area (Å²) in [5, 5.41) is 14.7. The Kier molecular flexibility index (Phi) is 7.42. The molecule has 0 saturated heterocycles. The summed E-state index contributed by atoms with van der Waals surface area (Å²) in [6.45, 7) is -0.626. The van der Waals surface area contributed by atoms with Crippen molar-refractivity contribution in [2.45, 2.75) is 0 Å². The zero-order valence-electron chi connectivity index (χ0n) is 14.7. The van der Waals surface area contributed by atoms with Crippen LogP contribution in [-0.2, 0) is 14.8 Å². The van der Waals surface area contributed by atoms with Gasteiger partial charge in [-0.25, -0.2) is 13.8 Å². The Morgan fingerprint density at radius 1 is 1.24 bits per heavy atom. The molecule has 2 rings (SSSR count). The highest BCUT2D eigenvalue weighted by molar-refractivity contribution is 7.92. The van der Waals surface area contributed by atoms with Crippen LogP contribution in [0.1, 0.15) is 5.56 Å². The Bertz CT molecular complexity index is 1090. The number of sulfonamides is 1. The molecule has 2 aromatic rings. The smallest absolute Gasteiger partial charge is 0.270 e. The van der Waals surface area contributed by atoms with E-state index in [-0.39, 0.29) is 32.0 Å². The maximum atomic E-state index is 12.2. The highest BCUT2D eigenvalue weighted by Crippen LogP contribution is 2.33. The fourth-order valence-corrected chi connectivity index (χ4v) is 3.62. The van der Waals surface area contributed by atoms with Crippen LogP contribution in [0.2, 0.25) is 15.1 Å². The van der Waals surface area contributed by atoms with E-state index in [1.807, 2.05) is 0 Å². The van der Waals surface area contributed by atoms with Crippen molar-refractivity contribution < 1.29 is 18.1 Å². The van der Waals surface area contributed by atoms with Crippen molar-refractivity contribution in [1.82, 2.24) is 5.43 Å². The van der Waals surface area contributed by atoms with Crippen molar-refractivity contribution >= 4 is 68.3 Å². The molecule has 0 spiro atoms. The normalized spacial score (nSPS) is 11.4. The SMILES string of the molecule is CS(=O)(=O)N(CC(=O)N/N=C\c1cc([N+](=O)[O-])ccc1Cl)c1cccc(Cl)c1Cl. The quantitative estimate of drug-likeness (QED) is 0.370. The van der Waals surface area contributed by atoms with Crippen molar-refractivity contribution in [2.75, 3.05) is 17.1 Å². The van der Waals surface area contributed by atoms with Crippen molar-refractivity contribution in [3.63, 3.8) is 0 Å². The monoisotopic (exact) mass is 478 g/mol. The lowest BCUT2D eigenvalue weighted by Crippen LogP contribution is -2.39. The molecule has 154 valence electrons. The fraction of sp³-hybridized carbons (Fsp3) is 0.125. The van der Waals surface area contributed by atoms with Crippen molar-refractivity contribution in [3.8, 4) is 0 Å². The number of halogens is 3. The number of nitrogens with zero attached hydrogens (tertiary/aromatic N) is 3. The Balaban J connectivity index is 2.18. The summed E-state index contributed by atoms with van der Waals surface area (Å²) in [5.74, 6) is -0.788. The average molecular weight is 480 g/mol. The van der Waals surface area contributed by atoms with Gasteiger partial charge in [0.25, 0.3) is 11.6 Å². The summed E-state index contributed by atoms with van der Waals surface area (Å²) in [6.07, 6.45) is 2.01. The number of non-ortho nitro benzene ring substituents is 1. The van der Waals surface area contributed by atoms with Gasteiger partial charge in [-0.2, -0.15) is 5.10 Å². The van der Waals surface area contributed by atoms with Crippen molar-refractivity contribution in [1.29, 1.82) is 0 Å². The van der Waals surface area contributed by atoms with Gasteiger partial charge in [-0.1, -0.05) is 40.9 Å². The van der Waals surface area contributed by atoms with Crippen LogP contribution >= 0.6 is 34.8 Å². The first-order valence-electron chi connectivity index (χ1n) is 7.68. The number of hydrogen-bond donors (Lipinski definition) is 1. The van der Waals surface area contributed by atoms with Crippen LogP contribution in [0.4, 0.5) is 11.4 Å². The number of carbonyl (C=O) groups excluding carboxylic acids is 1. The maximum absolute atomic E-state index is 12.2. The molecule has 0 heterocycles. The third kappa shape index (κ3) is 6.04. The summed E-state index contributed by atoms with van der Waals surface area (Å²) in [5.41, 5.74) is 2.15. The third-order valence-electron chi connectivity index (χ3n) is 3.47. The molecule has 9 nitrogen and oxygen atoms in total. The fourth-order valence-electron chi connectivity index (χ4n) is 2.15. The van der Waals surface area contributed by atoms with Gasteiger partial charge in [0.15, 0.2) is 0 Å². The summed E-state index contributed by atoms with van der Waals surface area (Å²) in [6, 6.07) is 8.07. The molecule has 1 N–H and O–H groups in total. The van der Waals surface area contributed by atoms with Crippen LogP contribution in [0, 0.1) is 10.1 Å². The predicted octanol–water partition coefficient (Wildman–Crippen LogP) is 3.47. The lowest BCUT2D eigenvalue weighted by Gasteiger charge is -2.22. The van der Waals surface area contributed by atoms with E-state index < -0.39 is 27.4 Å². The number of hydrogen-bond acceptors (Lipinski definition) is 6. The molecule has 0 aliphatic heterocycles. The van der Waals surface area contributed by atoms with E-state index in [1.165, 1.54) is 36.4 Å². The number of nitro groups is 1. The summed E-state index contributed by atoms with van der Waals surface area (Å²) in [7, 11) is -3.87. The number of carbonyl (C=O) groups is 1. The Hall–Kier alpha value is -2.40. The minimum Gasteiger partial charge on any atom is -0.271 e. The lowest BCUT2D eigenvalue weighted by atomic mass is 10.2. The molecule has 0 saturated carbocycles. The number of benzene rings is 2. The van der Waals surface area contributed by atoms with Crippen LogP contribution < -0.4 is 9.73 Å². The Morgan fingerprint density at radius 3 is 2.55 bits per heavy atom. The van der Waals surface area contributed by atoms with E-state index in [0.717, 1.165) is 16.8 Å². The molecule has 2 aromatic carbocycles. The highest BCUT2D eigenvalue weighted by Gasteiger charge is 2.23. The van der Waals surface area contributed by atoms with Gasteiger partial charge in [0.1, 0.15) is 6.54 Å². The topological polar surface area (TPSA) is 122 Å². The second-order valence-corrected chi connectivity index (χ2v) is 8.70. The molecule has 0 unspecified atom stereocenters. The predicted molar refractivity (Wildman–Crippen MR) is 112 cm³/mol. The standard InChI is InChI=1S/C16H13Cl3N4O5S/c1-29(27,28)22(14-4-2-3-13(18)16(14)19)9-15(24)21-20-8-10-7-11(23(25)26)5-6-12(10)17/h2-8H,9H2,1H3,(H,21,24)/b20-8-. The van der Waals surface area contributed by atoms with Crippen LogP contribution in [0.15, 0.2) is 41.5 Å². The van der Waals surface area contributed by atoms with Gasteiger partial charge in [-0.05, 0) is 18.2 Å².